The highest BCUT2D eigenvalue weighted by atomic mass is 35.5. The predicted molar refractivity (Wildman–Crippen MR) is 202 cm³/mol. The molecular weight excluding hydrogens is 713 g/mol. The van der Waals surface area contributed by atoms with Crippen LogP contribution in [0.2, 0.25) is 10.0 Å². The van der Waals surface area contributed by atoms with E-state index in [1.165, 1.54) is 28.8 Å². The summed E-state index contributed by atoms with van der Waals surface area (Å²) < 4.78 is 35.9. The maximum Gasteiger partial charge on any atom is 0.264 e. The summed E-state index contributed by atoms with van der Waals surface area (Å²) in [6.45, 7) is 1.32. The minimum atomic E-state index is -4.32. The first-order valence-corrected chi connectivity index (χ1v) is 20.0. The lowest BCUT2D eigenvalue weighted by Gasteiger charge is -2.35. The smallest absolute Gasteiger partial charge is 0.264 e. The molecule has 4 aromatic rings. The van der Waals surface area contributed by atoms with Gasteiger partial charge in [-0.15, -0.1) is 11.8 Å². The summed E-state index contributed by atoms with van der Waals surface area (Å²) in [6, 6.07) is 26.6. The Labute approximate surface area is 309 Å². The summed E-state index contributed by atoms with van der Waals surface area (Å²) in [4.78, 5) is 31.5. The van der Waals surface area contributed by atoms with Gasteiger partial charge in [0.2, 0.25) is 11.8 Å². The Morgan fingerprint density at radius 1 is 0.900 bits per heavy atom. The number of rotatable bonds is 15. The summed E-state index contributed by atoms with van der Waals surface area (Å²) in [5, 5.41) is 3.82. The van der Waals surface area contributed by atoms with Crippen molar-refractivity contribution in [2.45, 2.75) is 67.4 Å². The van der Waals surface area contributed by atoms with E-state index in [0.29, 0.717) is 21.4 Å². The van der Waals surface area contributed by atoms with Crippen molar-refractivity contribution in [2.24, 2.45) is 0 Å². The van der Waals surface area contributed by atoms with Gasteiger partial charge in [-0.05, 0) is 80.1 Å². The van der Waals surface area contributed by atoms with E-state index in [9.17, 15) is 18.0 Å². The number of carbonyl (C=O) groups excluding carboxylic acids is 2. The summed E-state index contributed by atoms with van der Waals surface area (Å²) >= 11 is 14.8. The molecule has 1 N–H and O–H groups in total. The van der Waals surface area contributed by atoms with Crippen molar-refractivity contribution in [2.75, 3.05) is 23.7 Å². The standard InChI is InChI=1S/C38H41Cl2N3O5S2/c1-3-48-36-19-10-9-18-34(36)43(50(46,47)30-22-20-29(49-2)21-23-30)26-37(44)42(25-31-32(39)16-11-17-33(31)40)35(24-27-12-5-4-6-13-27)38(45)41-28-14-7-8-15-28/h4-6,9-13,16-23,28,35H,3,7-8,14-15,24-26H2,1-2H3,(H,41,45). The number of nitrogens with one attached hydrogen (secondary N) is 1. The maximum atomic E-state index is 14.9. The van der Waals surface area contributed by atoms with Crippen molar-refractivity contribution in [1.29, 1.82) is 0 Å². The summed E-state index contributed by atoms with van der Waals surface area (Å²) in [5.74, 6) is -0.638. The van der Waals surface area contributed by atoms with Crippen molar-refractivity contribution >= 4 is 62.5 Å². The Morgan fingerprint density at radius 2 is 1.54 bits per heavy atom. The molecule has 0 aromatic heterocycles. The molecular formula is C38H41Cl2N3O5S2. The molecule has 8 nitrogen and oxygen atoms in total. The first-order chi connectivity index (χ1) is 24.1. The lowest BCUT2D eigenvalue weighted by molar-refractivity contribution is -0.140. The van der Waals surface area contributed by atoms with Crippen LogP contribution in [0.5, 0.6) is 5.75 Å². The third-order valence-electron chi connectivity index (χ3n) is 8.72. The fourth-order valence-corrected chi connectivity index (χ4v) is 8.45. The van der Waals surface area contributed by atoms with E-state index in [1.54, 1.807) is 61.5 Å². The largest absolute Gasteiger partial charge is 0.492 e. The van der Waals surface area contributed by atoms with Gasteiger partial charge in [0.15, 0.2) is 0 Å². The highest BCUT2D eigenvalue weighted by molar-refractivity contribution is 7.98. The molecule has 1 aliphatic carbocycles. The number of carbonyl (C=O) groups is 2. The molecule has 50 heavy (non-hydrogen) atoms. The van der Waals surface area contributed by atoms with Gasteiger partial charge >= 0.3 is 0 Å². The fraction of sp³-hybridized carbons (Fsp3) is 0.316. The normalized spacial score (nSPS) is 13.8. The summed E-state index contributed by atoms with van der Waals surface area (Å²) in [7, 11) is -4.32. The lowest BCUT2D eigenvalue weighted by Crippen LogP contribution is -2.54. The Hall–Kier alpha value is -3.70. The molecule has 0 radical (unpaired) electrons. The number of halogens is 2. The number of hydrogen-bond acceptors (Lipinski definition) is 6. The van der Waals surface area contributed by atoms with E-state index in [1.807, 2.05) is 36.6 Å². The van der Waals surface area contributed by atoms with Gasteiger partial charge in [-0.25, -0.2) is 8.42 Å². The highest BCUT2D eigenvalue weighted by Gasteiger charge is 2.37. The van der Waals surface area contributed by atoms with Crippen LogP contribution >= 0.6 is 35.0 Å². The van der Waals surface area contributed by atoms with Gasteiger partial charge in [0.05, 0.1) is 17.2 Å². The Kier molecular flexibility index (Phi) is 13.1. The van der Waals surface area contributed by atoms with Crippen molar-refractivity contribution in [1.82, 2.24) is 10.2 Å². The number of sulfonamides is 1. The van der Waals surface area contributed by atoms with Gasteiger partial charge in [0.1, 0.15) is 18.3 Å². The van der Waals surface area contributed by atoms with Crippen molar-refractivity contribution in [3.05, 3.63) is 118 Å². The van der Waals surface area contributed by atoms with Gasteiger partial charge < -0.3 is 15.0 Å². The van der Waals surface area contributed by atoms with Gasteiger partial charge in [-0.1, -0.05) is 84.6 Å². The second-order valence-electron chi connectivity index (χ2n) is 12.0. The number of thioether (sulfide) groups is 1. The van der Waals surface area contributed by atoms with E-state index < -0.39 is 28.5 Å². The fourth-order valence-electron chi connectivity index (χ4n) is 6.10. The first kappa shape index (κ1) is 37.6. The second kappa shape index (κ2) is 17.5. The zero-order valence-electron chi connectivity index (χ0n) is 28.1. The molecule has 0 bridgehead atoms. The van der Waals surface area contributed by atoms with Gasteiger partial charge in [0.25, 0.3) is 10.0 Å². The molecule has 5 rings (SSSR count). The van der Waals surface area contributed by atoms with Crippen LogP contribution in [0.25, 0.3) is 0 Å². The van der Waals surface area contributed by atoms with Gasteiger partial charge in [-0.2, -0.15) is 0 Å². The zero-order valence-corrected chi connectivity index (χ0v) is 31.2. The van der Waals surface area contributed by atoms with Crippen LogP contribution in [0.1, 0.15) is 43.7 Å². The molecule has 12 heteroatoms. The predicted octanol–water partition coefficient (Wildman–Crippen LogP) is 8.01. The monoisotopic (exact) mass is 753 g/mol. The quantitative estimate of drug-likeness (QED) is 0.124. The Balaban J connectivity index is 1.62. The average molecular weight is 755 g/mol. The molecule has 0 aliphatic heterocycles. The van der Waals surface area contributed by atoms with Crippen molar-refractivity contribution in [3.8, 4) is 5.75 Å². The van der Waals surface area contributed by atoms with Crippen LogP contribution < -0.4 is 14.4 Å². The third kappa shape index (κ3) is 9.15. The van der Waals surface area contributed by atoms with Crippen molar-refractivity contribution < 1.29 is 22.7 Å². The molecule has 0 heterocycles. The van der Waals surface area contributed by atoms with E-state index >= 15 is 0 Å². The van der Waals surface area contributed by atoms with Crippen LogP contribution in [0.3, 0.4) is 0 Å². The van der Waals surface area contributed by atoms with E-state index in [2.05, 4.69) is 5.32 Å². The number of para-hydroxylation sites is 2. The van der Waals surface area contributed by atoms with E-state index in [4.69, 9.17) is 27.9 Å². The zero-order chi connectivity index (χ0) is 35.7. The summed E-state index contributed by atoms with van der Waals surface area (Å²) in [5.41, 5.74) is 1.48. The maximum absolute atomic E-state index is 14.9. The molecule has 1 aliphatic rings. The SMILES string of the molecule is CCOc1ccccc1N(CC(=O)N(Cc1c(Cl)cccc1Cl)C(Cc1ccccc1)C(=O)NC1CCCC1)S(=O)(=O)c1ccc(SC)cc1. The molecule has 1 fully saturated rings. The van der Waals surface area contributed by atoms with Crippen LogP contribution in [0.15, 0.2) is 107 Å². The topological polar surface area (TPSA) is 96.0 Å². The second-order valence-corrected chi connectivity index (χ2v) is 15.6. The van der Waals surface area contributed by atoms with E-state index in [0.717, 1.165) is 40.4 Å². The Bertz CT molecular complexity index is 1850. The molecule has 4 aromatic carbocycles. The number of ether oxygens (including phenoxy) is 1. The molecule has 0 saturated heterocycles. The molecule has 2 amide bonds. The number of anilines is 1. The number of hydrogen-bond donors (Lipinski definition) is 1. The average Bonchev–Trinajstić information content (AvgIpc) is 3.63. The minimum absolute atomic E-state index is 0.00918. The third-order valence-corrected chi connectivity index (χ3v) is 11.9. The molecule has 1 unspecified atom stereocenters. The summed E-state index contributed by atoms with van der Waals surface area (Å²) in [6.07, 6.45) is 5.81. The lowest BCUT2D eigenvalue weighted by atomic mass is 10.0. The first-order valence-electron chi connectivity index (χ1n) is 16.6. The number of benzene rings is 4. The molecule has 264 valence electrons. The van der Waals surface area contributed by atoms with E-state index in [-0.39, 0.29) is 42.1 Å². The van der Waals surface area contributed by atoms with Gasteiger partial charge in [0, 0.05) is 39.5 Å². The van der Waals surface area contributed by atoms with Gasteiger partial charge in [-0.3, -0.25) is 13.9 Å². The van der Waals surface area contributed by atoms with Crippen LogP contribution in [0.4, 0.5) is 5.69 Å². The highest BCUT2D eigenvalue weighted by Crippen LogP contribution is 2.34. The van der Waals surface area contributed by atoms with Crippen LogP contribution in [0, 0.1) is 0 Å². The minimum Gasteiger partial charge on any atom is -0.492 e. The van der Waals surface area contributed by atoms with Crippen LogP contribution in [-0.4, -0.2) is 56.6 Å². The molecule has 1 atom stereocenters. The van der Waals surface area contributed by atoms with Crippen LogP contribution in [-0.2, 0) is 32.6 Å². The molecule has 1 saturated carbocycles. The molecule has 0 spiro atoms. The number of nitrogens with zero attached hydrogens (tertiary/aromatic N) is 2. The number of amides is 2. The van der Waals surface area contributed by atoms with Crippen molar-refractivity contribution in [3.63, 3.8) is 0 Å². The Morgan fingerprint density at radius 3 is 2.18 bits per heavy atom.